The maximum atomic E-state index is 13.9. The van der Waals surface area contributed by atoms with Gasteiger partial charge in [-0.15, -0.1) is 0 Å². The van der Waals surface area contributed by atoms with E-state index in [1.54, 1.807) is 61.5 Å². The van der Waals surface area contributed by atoms with Crippen LogP contribution in [0.1, 0.15) is 10.4 Å². The van der Waals surface area contributed by atoms with Gasteiger partial charge in [0.15, 0.2) is 6.61 Å². The monoisotopic (exact) mass is 385 g/mol. The van der Waals surface area contributed by atoms with E-state index in [2.05, 4.69) is 0 Å². The normalized spacial score (nSPS) is 14.0. The molecule has 0 unspecified atom stereocenters. The summed E-state index contributed by atoms with van der Waals surface area (Å²) in [7, 11) is 3.38. The Morgan fingerprint density at radius 3 is 2.25 bits per heavy atom. The lowest BCUT2D eigenvalue weighted by atomic mass is 10.2. The second-order valence-electron chi connectivity index (χ2n) is 6.83. The second kappa shape index (κ2) is 8.73. The molecule has 0 N–H and O–H groups in total. The first-order valence-corrected chi connectivity index (χ1v) is 9.17. The largest absolute Gasteiger partial charge is 0.484 e. The Hall–Kier alpha value is -3.09. The first-order valence-electron chi connectivity index (χ1n) is 9.17. The van der Waals surface area contributed by atoms with E-state index in [9.17, 15) is 14.0 Å². The molecule has 1 aliphatic heterocycles. The van der Waals surface area contributed by atoms with E-state index in [-0.39, 0.29) is 24.2 Å². The average molecular weight is 385 g/mol. The Kier molecular flexibility index (Phi) is 6.13. The van der Waals surface area contributed by atoms with E-state index in [4.69, 9.17) is 4.74 Å². The van der Waals surface area contributed by atoms with Gasteiger partial charge in [-0.2, -0.15) is 0 Å². The van der Waals surface area contributed by atoms with Crippen LogP contribution < -0.4 is 9.64 Å². The van der Waals surface area contributed by atoms with Crippen molar-refractivity contribution in [1.29, 1.82) is 0 Å². The van der Waals surface area contributed by atoms with E-state index in [1.165, 1.54) is 11.0 Å². The molecule has 7 heteroatoms. The fourth-order valence-corrected chi connectivity index (χ4v) is 3.09. The first-order chi connectivity index (χ1) is 13.5. The minimum Gasteiger partial charge on any atom is -0.484 e. The van der Waals surface area contributed by atoms with Crippen LogP contribution in [0.4, 0.5) is 10.1 Å². The summed E-state index contributed by atoms with van der Waals surface area (Å²) in [5.74, 6) is 0.0902. The lowest BCUT2D eigenvalue weighted by Crippen LogP contribution is -2.50. The number of carbonyl (C=O) groups excluding carboxylic acids is 2. The molecule has 0 spiro atoms. The minimum absolute atomic E-state index is 0.0688. The van der Waals surface area contributed by atoms with Gasteiger partial charge in [0, 0.05) is 45.8 Å². The third-order valence-corrected chi connectivity index (χ3v) is 4.70. The van der Waals surface area contributed by atoms with Gasteiger partial charge in [-0.1, -0.05) is 12.1 Å². The van der Waals surface area contributed by atoms with Crippen LogP contribution in [-0.4, -0.2) is 68.5 Å². The quantitative estimate of drug-likeness (QED) is 0.792. The van der Waals surface area contributed by atoms with Gasteiger partial charge in [0.1, 0.15) is 11.6 Å². The third kappa shape index (κ3) is 4.60. The Balaban J connectivity index is 1.48. The zero-order valence-electron chi connectivity index (χ0n) is 16.1. The number of rotatable bonds is 5. The zero-order valence-corrected chi connectivity index (χ0v) is 16.1. The highest BCUT2D eigenvalue weighted by Crippen LogP contribution is 2.20. The van der Waals surface area contributed by atoms with Gasteiger partial charge in [-0.3, -0.25) is 9.59 Å². The summed E-state index contributed by atoms with van der Waals surface area (Å²) in [5.41, 5.74) is 1.13. The summed E-state index contributed by atoms with van der Waals surface area (Å²) in [4.78, 5) is 29.4. The number of carbonyl (C=O) groups is 2. The van der Waals surface area contributed by atoms with Crippen molar-refractivity contribution in [2.24, 2.45) is 0 Å². The van der Waals surface area contributed by atoms with E-state index in [0.717, 1.165) is 0 Å². The van der Waals surface area contributed by atoms with Crippen LogP contribution in [0.2, 0.25) is 0 Å². The predicted molar refractivity (Wildman–Crippen MR) is 105 cm³/mol. The smallest absolute Gasteiger partial charge is 0.260 e. The molecule has 0 aliphatic carbocycles. The molecule has 2 aromatic rings. The van der Waals surface area contributed by atoms with Crippen LogP contribution in [0.3, 0.4) is 0 Å². The van der Waals surface area contributed by atoms with Crippen molar-refractivity contribution in [3.8, 4) is 5.75 Å². The van der Waals surface area contributed by atoms with Gasteiger partial charge < -0.3 is 19.4 Å². The standard InChI is InChI=1S/C21H24FN3O3/c1-23(2)21(27)16-7-9-17(10-8-16)28-15-20(26)25-13-11-24(12-14-25)19-6-4-3-5-18(19)22/h3-10H,11-15H2,1-2H3. The van der Waals surface area contributed by atoms with Gasteiger partial charge >= 0.3 is 0 Å². The Morgan fingerprint density at radius 1 is 1.00 bits per heavy atom. The first kappa shape index (κ1) is 19.7. The highest BCUT2D eigenvalue weighted by atomic mass is 19.1. The summed E-state index contributed by atoms with van der Waals surface area (Å²) in [5, 5.41) is 0. The number of benzene rings is 2. The molecule has 1 saturated heterocycles. The zero-order chi connectivity index (χ0) is 20.1. The molecular weight excluding hydrogens is 361 g/mol. The topological polar surface area (TPSA) is 53.1 Å². The number of amides is 2. The van der Waals surface area contributed by atoms with E-state index in [1.807, 2.05) is 4.90 Å². The van der Waals surface area contributed by atoms with Gasteiger partial charge in [0.25, 0.3) is 11.8 Å². The van der Waals surface area contributed by atoms with Crippen LogP contribution in [0.25, 0.3) is 0 Å². The summed E-state index contributed by atoms with van der Waals surface area (Å²) in [6.45, 7) is 2.13. The Bertz CT molecular complexity index is 831. The summed E-state index contributed by atoms with van der Waals surface area (Å²) in [6, 6.07) is 13.4. The number of anilines is 1. The van der Waals surface area contributed by atoms with Crippen molar-refractivity contribution in [3.05, 3.63) is 59.9 Å². The molecule has 1 heterocycles. The molecule has 6 nitrogen and oxygen atoms in total. The highest BCUT2D eigenvalue weighted by Gasteiger charge is 2.23. The SMILES string of the molecule is CN(C)C(=O)c1ccc(OCC(=O)N2CCN(c3ccccc3F)CC2)cc1. The molecule has 0 radical (unpaired) electrons. The molecular formula is C21H24FN3O3. The average Bonchev–Trinajstić information content (AvgIpc) is 2.72. The molecule has 148 valence electrons. The third-order valence-electron chi connectivity index (χ3n) is 4.70. The predicted octanol–water partition coefficient (Wildman–Crippen LogP) is 2.26. The molecule has 0 aromatic heterocycles. The van der Waals surface area contributed by atoms with Gasteiger partial charge in [0.2, 0.25) is 0 Å². The molecule has 2 aromatic carbocycles. The van der Waals surface area contributed by atoms with Crippen LogP contribution in [0, 0.1) is 5.82 Å². The second-order valence-corrected chi connectivity index (χ2v) is 6.83. The fraction of sp³-hybridized carbons (Fsp3) is 0.333. The van der Waals surface area contributed by atoms with Gasteiger partial charge in [0.05, 0.1) is 5.69 Å². The van der Waals surface area contributed by atoms with Crippen molar-refractivity contribution in [2.75, 3.05) is 51.8 Å². The number of halogens is 1. The van der Waals surface area contributed by atoms with E-state index in [0.29, 0.717) is 43.2 Å². The minimum atomic E-state index is -0.248. The van der Waals surface area contributed by atoms with E-state index < -0.39 is 0 Å². The molecule has 1 fully saturated rings. The maximum absolute atomic E-state index is 13.9. The number of hydrogen-bond acceptors (Lipinski definition) is 4. The molecule has 1 aliphatic rings. The van der Waals surface area contributed by atoms with Crippen LogP contribution >= 0.6 is 0 Å². The van der Waals surface area contributed by atoms with Crippen molar-refractivity contribution < 1.29 is 18.7 Å². The summed E-state index contributed by atoms with van der Waals surface area (Å²) >= 11 is 0. The number of piperazine rings is 1. The number of para-hydroxylation sites is 1. The van der Waals surface area contributed by atoms with Crippen LogP contribution in [-0.2, 0) is 4.79 Å². The van der Waals surface area contributed by atoms with Crippen LogP contribution in [0.5, 0.6) is 5.75 Å². The lowest BCUT2D eigenvalue weighted by Gasteiger charge is -2.36. The molecule has 0 saturated carbocycles. The number of hydrogen-bond donors (Lipinski definition) is 0. The summed E-state index contributed by atoms with van der Waals surface area (Å²) < 4.78 is 19.5. The maximum Gasteiger partial charge on any atom is 0.260 e. The Morgan fingerprint density at radius 2 is 1.64 bits per heavy atom. The van der Waals surface area contributed by atoms with Crippen molar-refractivity contribution in [2.45, 2.75) is 0 Å². The van der Waals surface area contributed by atoms with Crippen molar-refractivity contribution in [1.82, 2.24) is 9.80 Å². The number of nitrogens with zero attached hydrogens (tertiary/aromatic N) is 3. The highest BCUT2D eigenvalue weighted by molar-refractivity contribution is 5.93. The lowest BCUT2D eigenvalue weighted by molar-refractivity contribution is -0.133. The number of ether oxygens (including phenoxy) is 1. The molecule has 3 rings (SSSR count). The van der Waals surface area contributed by atoms with Gasteiger partial charge in [-0.25, -0.2) is 4.39 Å². The Labute approximate surface area is 164 Å². The molecule has 0 bridgehead atoms. The van der Waals surface area contributed by atoms with Crippen LogP contribution in [0.15, 0.2) is 48.5 Å². The van der Waals surface area contributed by atoms with Gasteiger partial charge in [-0.05, 0) is 36.4 Å². The molecule has 0 atom stereocenters. The van der Waals surface area contributed by atoms with Crippen molar-refractivity contribution in [3.63, 3.8) is 0 Å². The molecule has 2 amide bonds. The summed E-state index contributed by atoms with van der Waals surface area (Å²) in [6.07, 6.45) is 0. The fourth-order valence-electron chi connectivity index (χ4n) is 3.09. The molecule has 28 heavy (non-hydrogen) atoms. The van der Waals surface area contributed by atoms with E-state index >= 15 is 0 Å². The van der Waals surface area contributed by atoms with Crippen molar-refractivity contribution >= 4 is 17.5 Å².